The first-order valence-electron chi connectivity index (χ1n) is 9.67. The molecule has 2 atom stereocenters. The van der Waals surface area contributed by atoms with Crippen LogP contribution in [0.1, 0.15) is 30.7 Å². The summed E-state index contributed by atoms with van der Waals surface area (Å²) in [6.45, 7) is 8.41. The predicted octanol–water partition coefficient (Wildman–Crippen LogP) is 3.19. The van der Waals surface area contributed by atoms with Gasteiger partial charge in [-0.1, -0.05) is 13.0 Å². The Hall–Kier alpha value is -1.82. The van der Waals surface area contributed by atoms with Crippen LogP contribution in [-0.2, 0) is 19.9 Å². The molecule has 3 heterocycles. The Labute approximate surface area is 161 Å². The van der Waals surface area contributed by atoms with Crippen LogP contribution in [0.3, 0.4) is 0 Å². The molecule has 2 aromatic heterocycles. The number of aryl methyl sites for hydroxylation is 1. The van der Waals surface area contributed by atoms with Gasteiger partial charge in [0.15, 0.2) is 5.96 Å². The van der Waals surface area contributed by atoms with Crippen molar-refractivity contribution in [1.82, 2.24) is 20.0 Å². The summed E-state index contributed by atoms with van der Waals surface area (Å²) in [6, 6.07) is 4.35. The minimum Gasteiger partial charge on any atom is -0.357 e. The first-order valence-corrected chi connectivity index (χ1v) is 10.5. The lowest BCUT2D eigenvalue weighted by molar-refractivity contribution is 0.456. The first kappa shape index (κ1) is 19.0. The van der Waals surface area contributed by atoms with Gasteiger partial charge in [0, 0.05) is 44.3 Å². The minimum atomic E-state index is 0.566. The molecule has 6 heteroatoms. The molecule has 0 aromatic carbocycles. The largest absolute Gasteiger partial charge is 0.357 e. The highest BCUT2D eigenvalue weighted by molar-refractivity contribution is 7.09. The Morgan fingerprint density at radius 2 is 2.38 bits per heavy atom. The van der Waals surface area contributed by atoms with E-state index in [1.54, 1.807) is 0 Å². The normalized spacial score (nSPS) is 19.1. The Morgan fingerprint density at radius 1 is 1.50 bits per heavy atom. The molecule has 1 aliphatic rings. The first-order chi connectivity index (χ1) is 12.6. The van der Waals surface area contributed by atoms with Crippen molar-refractivity contribution < 1.29 is 0 Å². The summed E-state index contributed by atoms with van der Waals surface area (Å²) in [5, 5.41) is 9.93. The van der Waals surface area contributed by atoms with Crippen LogP contribution in [-0.4, -0.2) is 46.8 Å². The summed E-state index contributed by atoms with van der Waals surface area (Å²) in [7, 11) is 1.98. The Bertz CT molecular complexity index is 691. The van der Waals surface area contributed by atoms with Gasteiger partial charge in [0.05, 0.1) is 6.20 Å². The summed E-state index contributed by atoms with van der Waals surface area (Å²) in [5.74, 6) is 2.34. The van der Waals surface area contributed by atoms with Crippen LogP contribution >= 0.6 is 11.3 Å². The molecular formula is C20H31N5S. The van der Waals surface area contributed by atoms with E-state index in [4.69, 9.17) is 4.99 Å². The van der Waals surface area contributed by atoms with Gasteiger partial charge < -0.3 is 10.2 Å². The monoisotopic (exact) mass is 373 g/mol. The van der Waals surface area contributed by atoms with Gasteiger partial charge in [0.2, 0.25) is 0 Å². The molecule has 2 unspecified atom stereocenters. The van der Waals surface area contributed by atoms with E-state index < -0.39 is 0 Å². The van der Waals surface area contributed by atoms with E-state index >= 15 is 0 Å². The number of aliphatic imine (C=N–C) groups is 1. The molecule has 0 radical (unpaired) electrons. The quantitative estimate of drug-likeness (QED) is 0.599. The number of likely N-dealkylation sites (tertiary alicyclic amines) is 1. The number of nitrogens with one attached hydrogen (secondary N) is 1. The summed E-state index contributed by atoms with van der Waals surface area (Å²) in [5.41, 5.74) is 1.34. The van der Waals surface area contributed by atoms with Gasteiger partial charge in [-0.2, -0.15) is 5.10 Å². The van der Waals surface area contributed by atoms with Crippen molar-refractivity contribution in [1.29, 1.82) is 0 Å². The van der Waals surface area contributed by atoms with E-state index in [-0.39, 0.29) is 0 Å². The number of hydrogen-bond donors (Lipinski definition) is 1. The number of guanidine groups is 1. The third-order valence-electron chi connectivity index (χ3n) is 4.89. The van der Waals surface area contributed by atoms with Crippen LogP contribution < -0.4 is 5.32 Å². The number of rotatable bonds is 7. The van der Waals surface area contributed by atoms with Crippen LogP contribution in [0.25, 0.3) is 0 Å². The molecule has 1 N–H and O–H groups in total. The van der Waals surface area contributed by atoms with E-state index in [1.165, 1.54) is 16.9 Å². The van der Waals surface area contributed by atoms with Gasteiger partial charge in [-0.25, -0.2) is 0 Å². The molecule has 2 aromatic rings. The van der Waals surface area contributed by atoms with E-state index in [9.17, 15) is 0 Å². The number of nitrogens with zero attached hydrogens (tertiary/aromatic N) is 4. The highest BCUT2D eigenvalue weighted by atomic mass is 32.1. The van der Waals surface area contributed by atoms with Crippen LogP contribution in [0.4, 0.5) is 0 Å². The van der Waals surface area contributed by atoms with Gasteiger partial charge in [0.25, 0.3) is 0 Å². The molecule has 0 aliphatic carbocycles. The van der Waals surface area contributed by atoms with Crippen molar-refractivity contribution in [2.75, 3.05) is 26.2 Å². The molecule has 1 aliphatic heterocycles. The molecule has 0 saturated carbocycles. The predicted molar refractivity (Wildman–Crippen MR) is 110 cm³/mol. The maximum absolute atomic E-state index is 4.94. The fourth-order valence-corrected chi connectivity index (χ4v) is 4.48. The van der Waals surface area contributed by atoms with Crippen molar-refractivity contribution >= 4 is 17.3 Å². The van der Waals surface area contributed by atoms with Gasteiger partial charge in [-0.05, 0) is 55.0 Å². The summed E-state index contributed by atoms with van der Waals surface area (Å²) >= 11 is 1.84. The molecule has 3 rings (SSSR count). The SMILES string of the molecule is CCNC(=NCC(C)Cc1cccs1)N1CCC(Cc2cnn(C)c2)C1. The fraction of sp³-hybridized carbons (Fsp3) is 0.600. The van der Waals surface area contributed by atoms with Crippen LogP contribution in [0, 0.1) is 11.8 Å². The molecule has 0 bridgehead atoms. The maximum atomic E-state index is 4.94. The minimum absolute atomic E-state index is 0.566. The maximum Gasteiger partial charge on any atom is 0.193 e. The zero-order chi connectivity index (χ0) is 18.4. The Balaban J connectivity index is 1.53. The average molecular weight is 374 g/mol. The van der Waals surface area contributed by atoms with Crippen molar-refractivity contribution in [2.45, 2.75) is 33.1 Å². The lowest BCUT2D eigenvalue weighted by Gasteiger charge is -2.22. The molecule has 26 heavy (non-hydrogen) atoms. The van der Waals surface area contributed by atoms with E-state index in [0.717, 1.165) is 45.0 Å². The Kier molecular flexibility index (Phi) is 6.72. The van der Waals surface area contributed by atoms with E-state index in [0.29, 0.717) is 11.8 Å². The standard InChI is InChI=1S/C20H31N5S/c1-4-21-20(22-12-16(2)10-19-6-5-9-26-19)25-8-7-17(15-25)11-18-13-23-24(3)14-18/h5-6,9,13-14,16-17H,4,7-8,10-12,15H2,1-3H3,(H,21,22). The third kappa shape index (κ3) is 5.34. The zero-order valence-corrected chi connectivity index (χ0v) is 17.0. The molecule has 142 valence electrons. The van der Waals surface area contributed by atoms with Crippen molar-refractivity contribution in [3.8, 4) is 0 Å². The number of aromatic nitrogens is 2. The van der Waals surface area contributed by atoms with E-state index in [2.05, 4.69) is 52.9 Å². The molecule has 1 saturated heterocycles. The molecule has 5 nitrogen and oxygen atoms in total. The van der Waals surface area contributed by atoms with Crippen molar-refractivity contribution in [2.24, 2.45) is 23.9 Å². The highest BCUT2D eigenvalue weighted by Gasteiger charge is 2.25. The average Bonchev–Trinajstić information content (AvgIpc) is 3.35. The molecular weight excluding hydrogens is 342 g/mol. The van der Waals surface area contributed by atoms with Gasteiger partial charge in [0.1, 0.15) is 0 Å². The lowest BCUT2D eigenvalue weighted by Crippen LogP contribution is -2.40. The van der Waals surface area contributed by atoms with Gasteiger partial charge >= 0.3 is 0 Å². The molecule has 1 fully saturated rings. The van der Waals surface area contributed by atoms with Crippen molar-refractivity contribution in [3.05, 3.63) is 40.3 Å². The van der Waals surface area contributed by atoms with Gasteiger partial charge in [-0.15, -0.1) is 11.3 Å². The molecule has 0 amide bonds. The number of hydrogen-bond acceptors (Lipinski definition) is 3. The molecule has 0 spiro atoms. The summed E-state index contributed by atoms with van der Waals surface area (Å²) < 4.78 is 1.89. The second-order valence-corrected chi connectivity index (χ2v) is 8.44. The Morgan fingerprint density at radius 3 is 3.08 bits per heavy atom. The number of thiophene rings is 1. The van der Waals surface area contributed by atoms with Crippen LogP contribution in [0.15, 0.2) is 34.9 Å². The topological polar surface area (TPSA) is 45.5 Å². The fourth-order valence-electron chi connectivity index (χ4n) is 3.61. The summed E-state index contributed by atoms with van der Waals surface area (Å²) in [4.78, 5) is 8.83. The second-order valence-electron chi connectivity index (χ2n) is 7.41. The highest BCUT2D eigenvalue weighted by Crippen LogP contribution is 2.21. The smallest absolute Gasteiger partial charge is 0.193 e. The van der Waals surface area contributed by atoms with Gasteiger partial charge in [-0.3, -0.25) is 9.67 Å². The van der Waals surface area contributed by atoms with Crippen molar-refractivity contribution in [3.63, 3.8) is 0 Å². The lowest BCUT2D eigenvalue weighted by atomic mass is 10.0. The third-order valence-corrected chi connectivity index (χ3v) is 5.78. The van der Waals surface area contributed by atoms with Crippen LogP contribution in [0.2, 0.25) is 0 Å². The van der Waals surface area contributed by atoms with E-state index in [1.807, 2.05) is 29.3 Å². The summed E-state index contributed by atoms with van der Waals surface area (Å²) in [6.07, 6.45) is 7.58. The second kappa shape index (κ2) is 9.21. The van der Waals surface area contributed by atoms with Crippen LogP contribution in [0.5, 0.6) is 0 Å². The zero-order valence-electron chi connectivity index (χ0n) is 16.2.